The van der Waals surface area contributed by atoms with Crippen molar-refractivity contribution in [1.29, 1.82) is 0 Å². The van der Waals surface area contributed by atoms with Gasteiger partial charge in [0.15, 0.2) is 0 Å². The molecule has 2 amide bonds. The summed E-state index contributed by atoms with van der Waals surface area (Å²) in [7, 11) is 0. The monoisotopic (exact) mass is 400 g/mol. The fraction of sp³-hybridized carbons (Fsp3) is 0.292. The maximum atomic E-state index is 13.9. The SMILES string of the molecule is Cc1ccccc1-n1ncc2c1NC(=O)C[C@]21C(=O)N(CC(C)C)c2ccccc21. The van der Waals surface area contributed by atoms with Crippen molar-refractivity contribution >= 4 is 23.3 Å². The molecule has 1 atom stereocenters. The van der Waals surface area contributed by atoms with Crippen molar-refractivity contribution in [3.8, 4) is 5.69 Å². The molecule has 0 fully saturated rings. The van der Waals surface area contributed by atoms with Crippen molar-refractivity contribution in [2.75, 3.05) is 16.8 Å². The summed E-state index contributed by atoms with van der Waals surface area (Å²) in [5.74, 6) is 0.670. The van der Waals surface area contributed by atoms with Crippen LogP contribution in [0.25, 0.3) is 5.69 Å². The van der Waals surface area contributed by atoms with E-state index in [1.54, 1.807) is 10.9 Å². The molecule has 0 unspecified atom stereocenters. The summed E-state index contributed by atoms with van der Waals surface area (Å²) in [4.78, 5) is 28.7. The van der Waals surface area contributed by atoms with Gasteiger partial charge in [-0.15, -0.1) is 0 Å². The number of carbonyl (C=O) groups is 2. The number of nitrogens with one attached hydrogen (secondary N) is 1. The smallest absolute Gasteiger partial charge is 0.242 e. The molecule has 2 aliphatic heterocycles. The zero-order valence-corrected chi connectivity index (χ0v) is 17.3. The van der Waals surface area contributed by atoms with Gasteiger partial charge in [0.2, 0.25) is 11.8 Å². The van der Waals surface area contributed by atoms with Gasteiger partial charge >= 0.3 is 0 Å². The number of fused-ring (bicyclic) bond motifs is 4. The van der Waals surface area contributed by atoms with Crippen LogP contribution in [0, 0.1) is 12.8 Å². The molecule has 3 aromatic rings. The molecule has 1 aromatic heterocycles. The number of aryl methyl sites for hydroxylation is 1. The van der Waals surface area contributed by atoms with Crippen molar-refractivity contribution in [2.45, 2.75) is 32.6 Å². The maximum absolute atomic E-state index is 13.9. The first-order valence-electron chi connectivity index (χ1n) is 10.3. The average molecular weight is 400 g/mol. The Balaban J connectivity index is 1.75. The van der Waals surface area contributed by atoms with Gasteiger partial charge in [0.1, 0.15) is 11.2 Å². The highest BCUT2D eigenvalue weighted by atomic mass is 16.2. The molecule has 1 spiro atoms. The van der Waals surface area contributed by atoms with Gasteiger partial charge in [-0.3, -0.25) is 9.59 Å². The number of amides is 2. The van der Waals surface area contributed by atoms with E-state index in [4.69, 9.17) is 0 Å². The number of aromatic nitrogens is 2. The Bertz CT molecular complexity index is 1180. The zero-order valence-electron chi connectivity index (χ0n) is 17.3. The summed E-state index contributed by atoms with van der Waals surface area (Å²) in [5.41, 5.74) is 3.42. The van der Waals surface area contributed by atoms with E-state index in [1.807, 2.05) is 60.4 Å². The van der Waals surface area contributed by atoms with Crippen LogP contribution in [-0.2, 0) is 15.0 Å². The number of benzene rings is 2. The molecule has 3 heterocycles. The van der Waals surface area contributed by atoms with Gasteiger partial charge in [-0.2, -0.15) is 5.10 Å². The van der Waals surface area contributed by atoms with Gasteiger partial charge in [0, 0.05) is 24.2 Å². The van der Waals surface area contributed by atoms with Crippen LogP contribution in [-0.4, -0.2) is 28.1 Å². The second-order valence-electron chi connectivity index (χ2n) is 8.56. The van der Waals surface area contributed by atoms with Crippen molar-refractivity contribution in [1.82, 2.24) is 9.78 Å². The van der Waals surface area contributed by atoms with Gasteiger partial charge in [0.25, 0.3) is 0 Å². The molecule has 0 aliphatic carbocycles. The molecule has 0 saturated heterocycles. The van der Waals surface area contributed by atoms with Crippen molar-refractivity contribution in [3.05, 3.63) is 71.4 Å². The highest BCUT2D eigenvalue weighted by Crippen LogP contribution is 2.52. The highest BCUT2D eigenvalue weighted by Gasteiger charge is 2.57. The molecule has 30 heavy (non-hydrogen) atoms. The minimum Gasteiger partial charge on any atom is -0.311 e. The minimum absolute atomic E-state index is 0.0437. The number of rotatable bonds is 3. The van der Waals surface area contributed by atoms with Gasteiger partial charge < -0.3 is 10.2 Å². The predicted molar refractivity (Wildman–Crippen MR) is 116 cm³/mol. The number of para-hydroxylation sites is 2. The summed E-state index contributed by atoms with van der Waals surface area (Å²) in [6, 6.07) is 15.7. The average Bonchev–Trinajstić information content (AvgIpc) is 3.23. The summed E-state index contributed by atoms with van der Waals surface area (Å²) >= 11 is 0. The van der Waals surface area contributed by atoms with E-state index in [0.29, 0.717) is 18.3 Å². The van der Waals surface area contributed by atoms with Crippen molar-refractivity contribution < 1.29 is 9.59 Å². The van der Waals surface area contributed by atoms with Crippen LogP contribution in [0.15, 0.2) is 54.7 Å². The normalized spacial score (nSPS) is 19.9. The number of carbonyl (C=O) groups excluding carboxylic acids is 2. The van der Waals surface area contributed by atoms with Gasteiger partial charge in [-0.05, 0) is 36.1 Å². The topological polar surface area (TPSA) is 67.2 Å². The Labute approximate surface area is 175 Å². The molecule has 6 nitrogen and oxygen atoms in total. The quantitative estimate of drug-likeness (QED) is 0.727. The lowest BCUT2D eigenvalue weighted by Crippen LogP contribution is -2.47. The number of hydrogen-bond donors (Lipinski definition) is 1. The van der Waals surface area contributed by atoms with E-state index in [2.05, 4.69) is 24.3 Å². The number of anilines is 2. The summed E-state index contributed by atoms with van der Waals surface area (Å²) in [5, 5.41) is 7.59. The van der Waals surface area contributed by atoms with E-state index in [-0.39, 0.29) is 18.2 Å². The predicted octanol–water partition coefficient (Wildman–Crippen LogP) is 3.81. The van der Waals surface area contributed by atoms with Crippen LogP contribution >= 0.6 is 0 Å². The van der Waals surface area contributed by atoms with Gasteiger partial charge in [-0.25, -0.2) is 4.68 Å². The molecule has 2 aromatic carbocycles. The van der Waals surface area contributed by atoms with Crippen LogP contribution in [0.1, 0.15) is 37.0 Å². The second kappa shape index (κ2) is 6.55. The second-order valence-corrected chi connectivity index (χ2v) is 8.56. The summed E-state index contributed by atoms with van der Waals surface area (Å²) in [6.07, 6.45) is 1.83. The standard InChI is InChI=1S/C24H24N4O2/c1-15(2)14-27-20-11-7-5-9-17(20)24(23(27)30)12-21(29)26-22-18(24)13-25-28(22)19-10-6-4-8-16(19)3/h4-11,13,15H,12,14H2,1-3H3,(H,26,29)/t24-/m1/s1. The lowest BCUT2D eigenvalue weighted by Gasteiger charge is -2.32. The molecular weight excluding hydrogens is 376 g/mol. The maximum Gasteiger partial charge on any atom is 0.242 e. The molecule has 0 saturated carbocycles. The summed E-state index contributed by atoms with van der Waals surface area (Å²) in [6.45, 7) is 6.80. The Morgan fingerprint density at radius 2 is 1.73 bits per heavy atom. The molecule has 2 aliphatic rings. The van der Waals surface area contributed by atoms with Gasteiger partial charge in [0.05, 0.1) is 11.9 Å². The third-order valence-electron chi connectivity index (χ3n) is 6.07. The van der Waals surface area contributed by atoms with Crippen molar-refractivity contribution in [2.24, 2.45) is 5.92 Å². The lowest BCUT2D eigenvalue weighted by molar-refractivity contribution is -0.126. The Morgan fingerprint density at radius 1 is 1.03 bits per heavy atom. The molecule has 0 bridgehead atoms. The third kappa shape index (κ3) is 2.46. The first-order chi connectivity index (χ1) is 14.4. The highest BCUT2D eigenvalue weighted by molar-refractivity contribution is 6.15. The molecule has 6 heteroatoms. The van der Waals surface area contributed by atoms with Gasteiger partial charge in [-0.1, -0.05) is 50.2 Å². The van der Waals surface area contributed by atoms with E-state index >= 15 is 0 Å². The van der Waals surface area contributed by atoms with Crippen LogP contribution in [0.5, 0.6) is 0 Å². The molecular formula is C24H24N4O2. The van der Waals surface area contributed by atoms with E-state index < -0.39 is 5.41 Å². The first-order valence-corrected chi connectivity index (χ1v) is 10.3. The minimum atomic E-state index is -1.04. The zero-order chi connectivity index (χ0) is 21.0. The molecule has 152 valence electrons. The fourth-order valence-corrected chi connectivity index (χ4v) is 4.78. The molecule has 0 radical (unpaired) electrons. The Kier molecular flexibility index (Phi) is 4.07. The summed E-state index contributed by atoms with van der Waals surface area (Å²) < 4.78 is 1.74. The lowest BCUT2D eigenvalue weighted by atomic mass is 9.72. The Morgan fingerprint density at radius 3 is 2.47 bits per heavy atom. The number of nitrogens with zero attached hydrogens (tertiary/aromatic N) is 3. The van der Waals surface area contributed by atoms with Crippen LogP contribution in [0.2, 0.25) is 0 Å². The van der Waals surface area contributed by atoms with E-state index in [0.717, 1.165) is 28.1 Å². The number of hydrogen-bond acceptors (Lipinski definition) is 3. The third-order valence-corrected chi connectivity index (χ3v) is 6.07. The van der Waals surface area contributed by atoms with E-state index in [9.17, 15) is 9.59 Å². The van der Waals surface area contributed by atoms with Crippen molar-refractivity contribution in [3.63, 3.8) is 0 Å². The fourth-order valence-electron chi connectivity index (χ4n) is 4.78. The van der Waals surface area contributed by atoms with Crippen LogP contribution < -0.4 is 10.2 Å². The first kappa shape index (κ1) is 18.6. The van der Waals surface area contributed by atoms with E-state index in [1.165, 1.54) is 0 Å². The largest absolute Gasteiger partial charge is 0.311 e. The van der Waals surface area contributed by atoms with Crippen LogP contribution in [0.3, 0.4) is 0 Å². The molecule has 5 rings (SSSR count). The molecule has 1 N–H and O–H groups in total. The Hall–Kier alpha value is -3.41. The van der Waals surface area contributed by atoms with Crippen LogP contribution in [0.4, 0.5) is 11.5 Å².